The van der Waals surface area contributed by atoms with Gasteiger partial charge in [-0.15, -0.1) is 0 Å². The Hall–Kier alpha value is -1.14. The highest BCUT2D eigenvalue weighted by Gasteiger charge is 2.46. The third kappa shape index (κ3) is 3.38. The van der Waals surface area contributed by atoms with E-state index in [1.165, 1.54) is 0 Å². The summed E-state index contributed by atoms with van der Waals surface area (Å²) in [4.78, 5) is 29.3. The molecule has 0 aromatic carbocycles. The monoisotopic (exact) mass is 324 g/mol. The lowest BCUT2D eigenvalue weighted by Crippen LogP contribution is -2.55. The highest BCUT2D eigenvalue weighted by molar-refractivity contribution is 5.84. The predicted molar refractivity (Wildman–Crippen MR) is 84.9 cm³/mol. The van der Waals surface area contributed by atoms with Gasteiger partial charge in [0.05, 0.1) is 24.5 Å². The maximum Gasteiger partial charge on any atom is 0.229 e. The van der Waals surface area contributed by atoms with Gasteiger partial charge in [0.1, 0.15) is 0 Å². The van der Waals surface area contributed by atoms with Gasteiger partial charge >= 0.3 is 0 Å². The third-order valence-corrected chi connectivity index (χ3v) is 5.70. The van der Waals surface area contributed by atoms with Gasteiger partial charge in [-0.2, -0.15) is 0 Å². The Balaban J connectivity index is 1.58. The summed E-state index contributed by atoms with van der Waals surface area (Å²) in [7, 11) is 1.67. The summed E-state index contributed by atoms with van der Waals surface area (Å²) in [6.07, 6.45) is 4.46. The number of piperidine rings is 2. The van der Waals surface area contributed by atoms with Gasteiger partial charge in [0, 0.05) is 39.9 Å². The van der Waals surface area contributed by atoms with Crippen molar-refractivity contribution in [2.75, 3.05) is 53.1 Å². The number of nitrogens with zero attached hydrogens (tertiary/aromatic N) is 2. The zero-order valence-electron chi connectivity index (χ0n) is 14.1. The van der Waals surface area contributed by atoms with Crippen LogP contribution in [0.1, 0.15) is 32.1 Å². The summed E-state index contributed by atoms with van der Waals surface area (Å²) in [5.74, 6) is 0.526. The van der Waals surface area contributed by atoms with Crippen molar-refractivity contribution in [3.63, 3.8) is 0 Å². The third-order valence-electron chi connectivity index (χ3n) is 5.70. The fourth-order valence-electron chi connectivity index (χ4n) is 4.17. The van der Waals surface area contributed by atoms with Gasteiger partial charge in [-0.05, 0) is 32.1 Å². The van der Waals surface area contributed by atoms with Crippen molar-refractivity contribution < 1.29 is 19.1 Å². The summed E-state index contributed by atoms with van der Waals surface area (Å²) in [5, 5.41) is 0. The van der Waals surface area contributed by atoms with Crippen LogP contribution in [-0.4, -0.2) is 74.7 Å². The Kier molecular flexibility index (Phi) is 5.21. The summed E-state index contributed by atoms with van der Waals surface area (Å²) < 4.78 is 10.4. The van der Waals surface area contributed by atoms with Crippen LogP contribution >= 0.6 is 0 Å². The van der Waals surface area contributed by atoms with E-state index in [0.29, 0.717) is 39.5 Å². The van der Waals surface area contributed by atoms with E-state index < -0.39 is 0 Å². The van der Waals surface area contributed by atoms with E-state index in [0.717, 1.165) is 38.6 Å². The number of rotatable bonds is 4. The Labute approximate surface area is 138 Å². The number of ether oxygens (including phenoxy) is 2. The molecule has 3 aliphatic rings. The molecule has 23 heavy (non-hydrogen) atoms. The lowest BCUT2D eigenvalue weighted by molar-refractivity contribution is -0.154. The zero-order valence-corrected chi connectivity index (χ0v) is 14.1. The molecule has 0 bridgehead atoms. The van der Waals surface area contributed by atoms with Gasteiger partial charge in [0.25, 0.3) is 0 Å². The van der Waals surface area contributed by atoms with Crippen LogP contribution in [-0.2, 0) is 19.1 Å². The van der Waals surface area contributed by atoms with E-state index in [-0.39, 0.29) is 23.1 Å². The van der Waals surface area contributed by atoms with Crippen LogP contribution in [0.2, 0.25) is 0 Å². The van der Waals surface area contributed by atoms with E-state index in [9.17, 15) is 9.59 Å². The van der Waals surface area contributed by atoms with Crippen LogP contribution in [0.15, 0.2) is 0 Å². The lowest BCUT2D eigenvalue weighted by Gasteiger charge is -2.46. The molecular weight excluding hydrogens is 296 g/mol. The summed E-state index contributed by atoms with van der Waals surface area (Å²) in [5.41, 5.74) is -0.241. The topological polar surface area (TPSA) is 59.1 Å². The lowest BCUT2D eigenvalue weighted by atomic mass is 9.71. The second-order valence-electron chi connectivity index (χ2n) is 7.05. The van der Waals surface area contributed by atoms with E-state index in [1.54, 1.807) is 7.11 Å². The average molecular weight is 324 g/mol. The molecule has 0 aromatic rings. The van der Waals surface area contributed by atoms with Crippen LogP contribution in [0.25, 0.3) is 0 Å². The molecule has 0 N–H and O–H groups in total. The van der Waals surface area contributed by atoms with Crippen LogP contribution in [0.5, 0.6) is 0 Å². The molecule has 0 aromatic heterocycles. The Morgan fingerprint density at radius 1 is 1.30 bits per heavy atom. The molecule has 0 saturated carbocycles. The first kappa shape index (κ1) is 16.7. The standard InChI is InChI=1S/C17H28N2O4/c1-22-12-10-19-7-2-4-17(16(19)21)5-8-18(9-6-17)15(20)14-3-11-23-13-14/h14H,2-13H2,1H3/t14-/m0/s1. The number of carbonyl (C=O) groups is 2. The Morgan fingerprint density at radius 3 is 2.74 bits per heavy atom. The molecule has 3 rings (SSSR count). The molecule has 6 nitrogen and oxygen atoms in total. The second kappa shape index (κ2) is 7.18. The first-order valence-corrected chi connectivity index (χ1v) is 8.81. The molecule has 0 aliphatic carbocycles. The molecule has 1 atom stereocenters. The number of hydrogen-bond donors (Lipinski definition) is 0. The van der Waals surface area contributed by atoms with Gasteiger partial charge in [-0.25, -0.2) is 0 Å². The maximum absolute atomic E-state index is 12.9. The van der Waals surface area contributed by atoms with Crippen LogP contribution < -0.4 is 0 Å². The number of amides is 2. The van der Waals surface area contributed by atoms with Crippen molar-refractivity contribution in [2.24, 2.45) is 11.3 Å². The average Bonchev–Trinajstić information content (AvgIpc) is 3.11. The van der Waals surface area contributed by atoms with Gasteiger partial charge < -0.3 is 19.3 Å². The molecule has 1 spiro atoms. The Bertz CT molecular complexity index is 440. The van der Waals surface area contributed by atoms with Crippen LogP contribution in [0, 0.1) is 11.3 Å². The fraction of sp³-hybridized carbons (Fsp3) is 0.882. The second-order valence-corrected chi connectivity index (χ2v) is 7.05. The molecule has 3 heterocycles. The van der Waals surface area contributed by atoms with Gasteiger partial charge in [0.2, 0.25) is 11.8 Å². The highest BCUT2D eigenvalue weighted by atomic mass is 16.5. The summed E-state index contributed by atoms with van der Waals surface area (Å²) in [6.45, 7) is 4.78. The van der Waals surface area contributed by atoms with Crippen molar-refractivity contribution in [1.82, 2.24) is 9.80 Å². The van der Waals surface area contributed by atoms with Crippen molar-refractivity contribution in [2.45, 2.75) is 32.1 Å². The number of methoxy groups -OCH3 is 1. The van der Waals surface area contributed by atoms with E-state index in [1.807, 2.05) is 9.80 Å². The Morgan fingerprint density at radius 2 is 2.09 bits per heavy atom. The molecule has 3 saturated heterocycles. The van der Waals surface area contributed by atoms with Gasteiger partial charge in [-0.1, -0.05) is 0 Å². The minimum atomic E-state index is -0.241. The molecule has 2 amide bonds. The largest absolute Gasteiger partial charge is 0.383 e. The first-order valence-electron chi connectivity index (χ1n) is 8.81. The molecule has 6 heteroatoms. The zero-order chi connectivity index (χ0) is 16.3. The highest BCUT2D eigenvalue weighted by Crippen LogP contribution is 2.41. The quantitative estimate of drug-likeness (QED) is 0.771. The normalized spacial score (nSPS) is 27.7. The van der Waals surface area contributed by atoms with Crippen molar-refractivity contribution in [3.8, 4) is 0 Å². The molecule has 0 radical (unpaired) electrons. The molecule has 130 valence electrons. The van der Waals surface area contributed by atoms with E-state index in [2.05, 4.69) is 0 Å². The first-order chi connectivity index (χ1) is 11.2. The predicted octanol–water partition coefficient (Wildman–Crippen LogP) is 0.901. The summed E-state index contributed by atoms with van der Waals surface area (Å²) in [6, 6.07) is 0. The van der Waals surface area contributed by atoms with Crippen LogP contribution in [0.4, 0.5) is 0 Å². The van der Waals surface area contributed by atoms with Gasteiger partial charge in [-0.3, -0.25) is 9.59 Å². The van der Waals surface area contributed by atoms with Crippen molar-refractivity contribution in [1.29, 1.82) is 0 Å². The fourth-order valence-corrected chi connectivity index (χ4v) is 4.17. The number of hydrogen-bond acceptors (Lipinski definition) is 4. The van der Waals surface area contributed by atoms with Crippen molar-refractivity contribution in [3.05, 3.63) is 0 Å². The smallest absolute Gasteiger partial charge is 0.229 e. The minimum absolute atomic E-state index is 0.0318. The van der Waals surface area contributed by atoms with Gasteiger partial charge in [0.15, 0.2) is 0 Å². The number of carbonyl (C=O) groups excluding carboxylic acids is 2. The maximum atomic E-state index is 12.9. The molecule has 3 aliphatic heterocycles. The molecule has 3 fully saturated rings. The minimum Gasteiger partial charge on any atom is -0.383 e. The molecular formula is C17H28N2O4. The van der Waals surface area contributed by atoms with Crippen molar-refractivity contribution >= 4 is 11.8 Å². The number of likely N-dealkylation sites (tertiary alicyclic amines) is 2. The molecule has 0 unspecified atom stereocenters. The van der Waals surface area contributed by atoms with E-state index in [4.69, 9.17) is 9.47 Å². The van der Waals surface area contributed by atoms with E-state index >= 15 is 0 Å². The summed E-state index contributed by atoms with van der Waals surface area (Å²) >= 11 is 0. The SMILES string of the molecule is COCCN1CCCC2(CCN(C(=O)[C@H]3CCOC3)CC2)C1=O. The van der Waals surface area contributed by atoms with Crippen LogP contribution in [0.3, 0.4) is 0 Å².